The molecule has 2 saturated carbocycles. The number of hydrogen-bond donors (Lipinski definition) is 1. The molecule has 98 valence electrons. The van der Waals surface area contributed by atoms with Crippen LogP contribution in [0, 0.1) is 13.8 Å². The molecule has 0 bridgehead atoms. The van der Waals surface area contributed by atoms with Gasteiger partial charge in [0.1, 0.15) is 5.82 Å². The number of aromatic nitrogens is 1. The van der Waals surface area contributed by atoms with Gasteiger partial charge >= 0.3 is 0 Å². The highest BCUT2D eigenvalue weighted by Gasteiger charge is 2.29. The number of nitrogens with one attached hydrogen (secondary N) is 1. The number of aryl methyl sites for hydroxylation is 2. The lowest BCUT2D eigenvalue weighted by molar-refractivity contribution is 0.679. The topological polar surface area (TPSA) is 28.2 Å². The van der Waals surface area contributed by atoms with Crippen molar-refractivity contribution in [3.8, 4) is 0 Å². The summed E-state index contributed by atoms with van der Waals surface area (Å²) in [6.45, 7) is 5.27. The third kappa shape index (κ3) is 2.51. The molecular formula is C15H23N3. The molecule has 3 rings (SSSR count). The maximum absolute atomic E-state index is 4.78. The predicted molar refractivity (Wildman–Crippen MR) is 75.0 cm³/mol. The van der Waals surface area contributed by atoms with Gasteiger partial charge in [-0.15, -0.1) is 0 Å². The van der Waals surface area contributed by atoms with Crippen molar-refractivity contribution in [2.45, 2.75) is 58.2 Å². The molecule has 0 aromatic carbocycles. The van der Waals surface area contributed by atoms with Gasteiger partial charge in [-0.3, -0.25) is 0 Å². The summed E-state index contributed by atoms with van der Waals surface area (Å²) in [5.74, 6) is 1.20. The molecule has 2 aliphatic carbocycles. The Bertz CT molecular complexity index is 447. The molecule has 0 unspecified atom stereocenters. The van der Waals surface area contributed by atoms with Gasteiger partial charge < -0.3 is 10.2 Å². The van der Waals surface area contributed by atoms with E-state index in [-0.39, 0.29) is 0 Å². The fourth-order valence-electron chi connectivity index (χ4n) is 2.52. The van der Waals surface area contributed by atoms with Crippen LogP contribution in [0.3, 0.4) is 0 Å². The first-order valence-electron chi connectivity index (χ1n) is 7.08. The van der Waals surface area contributed by atoms with Gasteiger partial charge in [-0.1, -0.05) is 0 Å². The highest BCUT2D eigenvalue weighted by atomic mass is 15.2. The molecule has 18 heavy (non-hydrogen) atoms. The van der Waals surface area contributed by atoms with E-state index in [0.717, 1.165) is 24.3 Å². The van der Waals surface area contributed by atoms with Gasteiger partial charge in [-0.25, -0.2) is 4.98 Å². The predicted octanol–water partition coefficient (Wildman–Crippen LogP) is 2.55. The number of rotatable bonds is 5. The minimum Gasteiger partial charge on any atom is -0.356 e. The quantitative estimate of drug-likeness (QED) is 0.864. The van der Waals surface area contributed by atoms with E-state index in [1.807, 2.05) is 0 Å². The van der Waals surface area contributed by atoms with Crippen molar-refractivity contribution in [2.75, 3.05) is 11.9 Å². The maximum Gasteiger partial charge on any atom is 0.133 e. The average molecular weight is 245 g/mol. The fourth-order valence-corrected chi connectivity index (χ4v) is 2.52. The molecule has 3 nitrogen and oxygen atoms in total. The lowest BCUT2D eigenvalue weighted by atomic mass is 10.1. The second-order valence-electron chi connectivity index (χ2n) is 5.88. The van der Waals surface area contributed by atoms with E-state index in [2.05, 4.69) is 37.2 Å². The van der Waals surface area contributed by atoms with Crippen molar-refractivity contribution in [1.29, 1.82) is 0 Å². The standard InChI is InChI=1S/C15H23N3/c1-10-8-11(2)17-15(18(3)13-6-7-13)14(10)9-16-12-4-5-12/h8,12-13,16H,4-7,9H2,1-3H3. The Morgan fingerprint density at radius 3 is 2.61 bits per heavy atom. The number of anilines is 1. The van der Waals surface area contributed by atoms with Crippen molar-refractivity contribution in [1.82, 2.24) is 10.3 Å². The van der Waals surface area contributed by atoms with Crippen molar-refractivity contribution < 1.29 is 0 Å². The van der Waals surface area contributed by atoms with E-state index in [1.54, 1.807) is 0 Å². The summed E-state index contributed by atoms with van der Waals surface area (Å²) in [7, 11) is 2.19. The zero-order chi connectivity index (χ0) is 12.7. The van der Waals surface area contributed by atoms with Gasteiger partial charge in [0.2, 0.25) is 0 Å². The van der Waals surface area contributed by atoms with Gasteiger partial charge in [-0.05, 0) is 51.2 Å². The normalized spacial score (nSPS) is 19.1. The molecule has 0 spiro atoms. The molecule has 2 aliphatic rings. The second-order valence-corrected chi connectivity index (χ2v) is 5.88. The number of hydrogen-bond acceptors (Lipinski definition) is 3. The van der Waals surface area contributed by atoms with Crippen LogP contribution in [0.5, 0.6) is 0 Å². The van der Waals surface area contributed by atoms with E-state index < -0.39 is 0 Å². The largest absolute Gasteiger partial charge is 0.356 e. The SMILES string of the molecule is Cc1cc(C)c(CNC2CC2)c(N(C)C2CC2)n1. The minimum atomic E-state index is 0.721. The molecule has 0 amide bonds. The number of pyridine rings is 1. The van der Waals surface area contributed by atoms with Crippen LogP contribution in [0.2, 0.25) is 0 Å². The van der Waals surface area contributed by atoms with Crippen molar-refractivity contribution in [3.05, 3.63) is 22.9 Å². The summed E-state index contributed by atoms with van der Waals surface area (Å²) in [4.78, 5) is 7.16. The Morgan fingerprint density at radius 1 is 1.28 bits per heavy atom. The Hall–Kier alpha value is -1.09. The first kappa shape index (κ1) is 12.0. The smallest absolute Gasteiger partial charge is 0.133 e. The van der Waals surface area contributed by atoms with Crippen LogP contribution < -0.4 is 10.2 Å². The first-order chi connectivity index (χ1) is 8.65. The van der Waals surface area contributed by atoms with Crippen molar-refractivity contribution >= 4 is 5.82 Å². The summed E-state index contributed by atoms with van der Waals surface area (Å²) in [5, 5.41) is 3.62. The van der Waals surface area contributed by atoms with Gasteiger partial charge in [0.05, 0.1) is 0 Å². The summed E-state index contributed by atoms with van der Waals surface area (Å²) >= 11 is 0. The van der Waals surface area contributed by atoms with Gasteiger partial charge in [0.15, 0.2) is 0 Å². The molecule has 0 atom stereocenters. The first-order valence-corrected chi connectivity index (χ1v) is 7.08. The van der Waals surface area contributed by atoms with E-state index in [9.17, 15) is 0 Å². The van der Waals surface area contributed by atoms with Crippen LogP contribution >= 0.6 is 0 Å². The van der Waals surface area contributed by atoms with Crippen LogP contribution in [0.1, 0.15) is 42.5 Å². The molecule has 1 aromatic rings. The fraction of sp³-hybridized carbons (Fsp3) is 0.667. The zero-order valence-corrected chi connectivity index (χ0v) is 11.7. The second kappa shape index (κ2) is 4.54. The van der Waals surface area contributed by atoms with Gasteiger partial charge in [-0.2, -0.15) is 0 Å². The van der Waals surface area contributed by atoms with Crippen molar-refractivity contribution in [3.63, 3.8) is 0 Å². The number of nitrogens with zero attached hydrogens (tertiary/aromatic N) is 2. The van der Waals surface area contributed by atoms with Crippen LogP contribution in [-0.4, -0.2) is 24.1 Å². The van der Waals surface area contributed by atoms with Gasteiger partial charge in [0.25, 0.3) is 0 Å². The Kier molecular flexibility index (Phi) is 3.02. The average Bonchev–Trinajstić information content (AvgIpc) is 3.17. The Morgan fingerprint density at radius 2 is 2.00 bits per heavy atom. The monoisotopic (exact) mass is 245 g/mol. The lowest BCUT2D eigenvalue weighted by Gasteiger charge is -2.23. The molecule has 0 aliphatic heterocycles. The Labute approximate surface area is 110 Å². The van der Waals surface area contributed by atoms with E-state index in [4.69, 9.17) is 4.98 Å². The third-order valence-corrected chi connectivity index (χ3v) is 4.03. The summed E-state index contributed by atoms with van der Waals surface area (Å²) in [6, 6.07) is 3.68. The van der Waals surface area contributed by atoms with Crippen LogP contribution in [0.15, 0.2) is 6.07 Å². The molecule has 0 radical (unpaired) electrons. The summed E-state index contributed by atoms with van der Waals surface area (Å²) in [5.41, 5.74) is 3.89. The molecule has 3 heteroatoms. The van der Waals surface area contributed by atoms with E-state index in [1.165, 1.54) is 42.6 Å². The molecule has 1 N–H and O–H groups in total. The maximum atomic E-state index is 4.78. The molecule has 1 aromatic heterocycles. The molecule has 1 heterocycles. The molecule has 2 fully saturated rings. The lowest BCUT2D eigenvalue weighted by Crippen LogP contribution is -2.25. The third-order valence-electron chi connectivity index (χ3n) is 4.03. The zero-order valence-electron chi connectivity index (χ0n) is 11.7. The molecule has 0 saturated heterocycles. The highest BCUT2D eigenvalue weighted by Crippen LogP contribution is 2.32. The van der Waals surface area contributed by atoms with Crippen molar-refractivity contribution in [2.24, 2.45) is 0 Å². The van der Waals surface area contributed by atoms with Crippen LogP contribution in [0.4, 0.5) is 5.82 Å². The highest BCUT2D eigenvalue weighted by molar-refractivity contribution is 5.52. The van der Waals surface area contributed by atoms with Gasteiger partial charge in [0, 0.05) is 36.9 Å². The Balaban J connectivity index is 1.86. The summed E-state index contributed by atoms with van der Waals surface area (Å²) < 4.78 is 0. The summed E-state index contributed by atoms with van der Waals surface area (Å²) in [6.07, 6.45) is 5.32. The molecular weight excluding hydrogens is 222 g/mol. The van der Waals surface area contributed by atoms with Crippen LogP contribution in [0.25, 0.3) is 0 Å². The van der Waals surface area contributed by atoms with E-state index >= 15 is 0 Å². The van der Waals surface area contributed by atoms with Crippen LogP contribution in [-0.2, 0) is 6.54 Å². The van der Waals surface area contributed by atoms with E-state index in [0.29, 0.717) is 0 Å². The minimum absolute atomic E-state index is 0.721.